The van der Waals surface area contributed by atoms with Crippen molar-refractivity contribution in [1.29, 1.82) is 0 Å². The largest absolute Gasteiger partial charge is 0.503 e. The molecule has 0 atom stereocenters. The fourth-order valence-electron chi connectivity index (χ4n) is 2.45. The number of halogens is 1. The van der Waals surface area contributed by atoms with Gasteiger partial charge >= 0.3 is 0 Å². The van der Waals surface area contributed by atoms with E-state index in [9.17, 15) is 14.7 Å². The number of hydrogen-bond donors (Lipinski definition) is 3. The predicted octanol–water partition coefficient (Wildman–Crippen LogP) is 2.05. The average molecular weight is 420 g/mol. The number of carbonyl (C=O) groups excluding carboxylic acids is 2. The molecular formula is C19H18ClN3O6. The number of phenols is 1. The summed E-state index contributed by atoms with van der Waals surface area (Å²) < 4.78 is 15.7. The maximum Gasteiger partial charge on any atom is 0.259 e. The normalized spacial score (nSPS) is 12.1. The number of aromatic hydroxyl groups is 1. The predicted molar refractivity (Wildman–Crippen MR) is 105 cm³/mol. The highest BCUT2D eigenvalue weighted by atomic mass is 35.5. The Morgan fingerprint density at radius 1 is 1.28 bits per heavy atom. The lowest BCUT2D eigenvalue weighted by molar-refractivity contribution is -0.120. The second-order valence-corrected chi connectivity index (χ2v) is 6.23. The molecule has 0 aromatic heterocycles. The summed E-state index contributed by atoms with van der Waals surface area (Å²) in [5.41, 5.74) is 3.15. The van der Waals surface area contributed by atoms with Crippen LogP contribution in [0.3, 0.4) is 0 Å². The number of hydrogen-bond acceptors (Lipinski definition) is 7. The van der Waals surface area contributed by atoms with Gasteiger partial charge in [-0.15, -0.1) is 0 Å². The summed E-state index contributed by atoms with van der Waals surface area (Å²) >= 11 is 5.93. The fourth-order valence-corrected chi connectivity index (χ4v) is 2.67. The molecule has 0 saturated carbocycles. The molecule has 2 aromatic rings. The number of nitrogens with zero attached hydrogens (tertiary/aromatic N) is 1. The van der Waals surface area contributed by atoms with E-state index in [2.05, 4.69) is 15.8 Å². The molecule has 29 heavy (non-hydrogen) atoms. The van der Waals surface area contributed by atoms with Crippen molar-refractivity contribution in [3.05, 3.63) is 46.5 Å². The molecule has 0 saturated heterocycles. The van der Waals surface area contributed by atoms with Gasteiger partial charge in [0.15, 0.2) is 23.0 Å². The van der Waals surface area contributed by atoms with Gasteiger partial charge in [-0.25, -0.2) is 5.43 Å². The van der Waals surface area contributed by atoms with Crippen molar-refractivity contribution in [3.8, 4) is 23.0 Å². The molecule has 0 unspecified atom stereocenters. The topological polar surface area (TPSA) is 118 Å². The van der Waals surface area contributed by atoms with Crippen LogP contribution in [0.4, 0.5) is 0 Å². The molecule has 3 rings (SSSR count). The zero-order chi connectivity index (χ0) is 20.8. The van der Waals surface area contributed by atoms with E-state index >= 15 is 0 Å². The van der Waals surface area contributed by atoms with Crippen molar-refractivity contribution in [2.45, 2.75) is 6.92 Å². The van der Waals surface area contributed by atoms with Crippen molar-refractivity contribution in [2.75, 3.05) is 19.9 Å². The van der Waals surface area contributed by atoms with E-state index < -0.39 is 11.8 Å². The lowest BCUT2D eigenvalue weighted by atomic mass is 10.2. The Balaban J connectivity index is 1.51. The van der Waals surface area contributed by atoms with Crippen LogP contribution >= 0.6 is 11.6 Å². The molecule has 3 N–H and O–H groups in total. The minimum absolute atomic E-state index is 0.0970. The maximum absolute atomic E-state index is 12.1. The van der Waals surface area contributed by atoms with Gasteiger partial charge in [-0.05, 0) is 42.8 Å². The Morgan fingerprint density at radius 2 is 2.07 bits per heavy atom. The average Bonchev–Trinajstić information content (AvgIpc) is 3.18. The minimum atomic E-state index is -0.523. The molecule has 0 radical (unpaired) electrons. The number of rotatable bonds is 7. The van der Waals surface area contributed by atoms with Crippen LogP contribution in [0, 0.1) is 0 Å². The highest BCUT2D eigenvalue weighted by molar-refractivity contribution is 6.32. The second-order valence-electron chi connectivity index (χ2n) is 5.83. The number of fused-ring (bicyclic) bond motifs is 1. The molecule has 152 valence electrons. The Morgan fingerprint density at radius 3 is 2.86 bits per heavy atom. The quantitative estimate of drug-likeness (QED) is 0.467. The summed E-state index contributed by atoms with van der Waals surface area (Å²) in [5.74, 6) is 0.130. The standard InChI is InChI=1S/C19H18ClN3O6/c1-2-27-16-6-11(5-13(20)18(16)25)8-22-23-17(24)9-21-19(26)12-3-4-14-15(7-12)29-10-28-14/h3-8,25H,2,9-10H2,1H3,(H,21,26)(H,23,24). The third-order valence-corrected chi connectivity index (χ3v) is 4.09. The van der Waals surface area contributed by atoms with E-state index in [1.165, 1.54) is 24.4 Å². The summed E-state index contributed by atoms with van der Waals surface area (Å²) in [6, 6.07) is 7.74. The molecule has 1 aliphatic heterocycles. The molecule has 1 heterocycles. The minimum Gasteiger partial charge on any atom is -0.503 e. The third kappa shape index (κ3) is 5.08. The van der Waals surface area contributed by atoms with E-state index in [4.69, 9.17) is 25.8 Å². The van der Waals surface area contributed by atoms with Crippen LogP contribution in [0.2, 0.25) is 5.02 Å². The highest BCUT2D eigenvalue weighted by Gasteiger charge is 2.16. The second kappa shape index (κ2) is 9.16. The molecular weight excluding hydrogens is 402 g/mol. The van der Waals surface area contributed by atoms with Gasteiger partial charge in [-0.1, -0.05) is 11.6 Å². The van der Waals surface area contributed by atoms with Crippen LogP contribution in [0.25, 0.3) is 0 Å². The van der Waals surface area contributed by atoms with E-state index in [-0.39, 0.29) is 29.9 Å². The zero-order valence-electron chi connectivity index (χ0n) is 15.4. The molecule has 2 amide bonds. The van der Waals surface area contributed by atoms with Gasteiger partial charge in [-0.3, -0.25) is 9.59 Å². The first-order valence-electron chi connectivity index (χ1n) is 8.63. The molecule has 0 aliphatic carbocycles. The van der Waals surface area contributed by atoms with Crippen molar-refractivity contribution in [1.82, 2.24) is 10.7 Å². The number of phenolic OH excluding ortho intramolecular Hbond substituents is 1. The van der Waals surface area contributed by atoms with E-state index in [0.717, 1.165) is 0 Å². The maximum atomic E-state index is 12.1. The number of benzene rings is 2. The zero-order valence-corrected chi connectivity index (χ0v) is 16.2. The molecule has 10 heteroatoms. The van der Waals surface area contributed by atoms with Gasteiger partial charge in [0.05, 0.1) is 24.4 Å². The van der Waals surface area contributed by atoms with Crippen molar-refractivity contribution < 1.29 is 28.9 Å². The summed E-state index contributed by atoms with van der Waals surface area (Å²) in [6.45, 7) is 1.96. The molecule has 0 spiro atoms. The van der Waals surface area contributed by atoms with Gasteiger partial charge in [0, 0.05) is 5.56 Å². The summed E-state index contributed by atoms with van der Waals surface area (Å²) in [7, 11) is 0. The van der Waals surface area contributed by atoms with Crippen LogP contribution in [0.1, 0.15) is 22.8 Å². The Kier molecular flexibility index (Phi) is 6.40. The molecule has 0 bridgehead atoms. The van der Waals surface area contributed by atoms with E-state index in [1.807, 2.05) is 0 Å². The van der Waals surface area contributed by atoms with Crippen LogP contribution in [0.5, 0.6) is 23.0 Å². The Hall–Kier alpha value is -3.46. The smallest absolute Gasteiger partial charge is 0.259 e. The summed E-state index contributed by atoms with van der Waals surface area (Å²) in [4.78, 5) is 24.0. The fraction of sp³-hybridized carbons (Fsp3) is 0.211. The number of nitrogens with one attached hydrogen (secondary N) is 2. The molecule has 0 fully saturated rings. The van der Waals surface area contributed by atoms with Crippen molar-refractivity contribution in [3.63, 3.8) is 0 Å². The molecule has 1 aliphatic rings. The van der Waals surface area contributed by atoms with Gasteiger partial charge in [0.1, 0.15) is 0 Å². The van der Waals surface area contributed by atoms with E-state index in [1.54, 1.807) is 19.1 Å². The number of amides is 2. The van der Waals surface area contributed by atoms with Crippen LogP contribution < -0.4 is 25.0 Å². The number of hydrazone groups is 1. The summed E-state index contributed by atoms with van der Waals surface area (Å²) in [6.07, 6.45) is 1.34. The monoisotopic (exact) mass is 419 g/mol. The van der Waals surface area contributed by atoms with Gasteiger partial charge < -0.3 is 24.6 Å². The SMILES string of the molecule is CCOc1cc(C=NNC(=O)CNC(=O)c2ccc3c(c2)OCO3)cc(Cl)c1O. The first-order valence-corrected chi connectivity index (χ1v) is 9.00. The highest BCUT2D eigenvalue weighted by Crippen LogP contribution is 2.35. The third-order valence-electron chi connectivity index (χ3n) is 3.80. The van der Waals surface area contributed by atoms with Gasteiger partial charge in [-0.2, -0.15) is 5.10 Å². The Labute approximate surface area is 171 Å². The lowest BCUT2D eigenvalue weighted by Crippen LogP contribution is -2.34. The Bertz CT molecular complexity index is 963. The van der Waals surface area contributed by atoms with Gasteiger partial charge in [0.25, 0.3) is 11.8 Å². The number of ether oxygens (including phenoxy) is 3. The van der Waals surface area contributed by atoms with Crippen molar-refractivity contribution in [2.24, 2.45) is 5.10 Å². The van der Waals surface area contributed by atoms with Crippen LogP contribution in [0.15, 0.2) is 35.4 Å². The van der Waals surface area contributed by atoms with Gasteiger partial charge in [0.2, 0.25) is 6.79 Å². The van der Waals surface area contributed by atoms with Crippen LogP contribution in [-0.2, 0) is 4.79 Å². The van der Waals surface area contributed by atoms with Crippen LogP contribution in [-0.4, -0.2) is 43.1 Å². The number of carbonyl (C=O) groups is 2. The first-order chi connectivity index (χ1) is 14.0. The lowest BCUT2D eigenvalue weighted by Gasteiger charge is -2.08. The molecule has 2 aromatic carbocycles. The molecule has 9 nitrogen and oxygen atoms in total. The van der Waals surface area contributed by atoms with Crippen molar-refractivity contribution >= 4 is 29.6 Å². The van der Waals surface area contributed by atoms with E-state index in [0.29, 0.717) is 29.2 Å². The first kappa shape index (κ1) is 20.3. The summed E-state index contributed by atoms with van der Waals surface area (Å²) in [5, 5.41) is 16.2.